The molecule has 0 aliphatic rings. The number of hydrogen-bond donors (Lipinski definition) is 1. The van der Waals surface area contributed by atoms with Gasteiger partial charge in [0.05, 0.1) is 5.56 Å². The fraction of sp³-hybridized carbons (Fsp3) is 0.312. The van der Waals surface area contributed by atoms with Crippen molar-refractivity contribution in [3.8, 4) is 0 Å². The summed E-state index contributed by atoms with van der Waals surface area (Å²) < 4.78 is 0.845. The van der Waals surface area contributed by atoms with Crippen molar-refractivity contribution in [1.82, 2.24) is 4.90 Å². The van der Waals surface area contributed by atoms with Gasteiger partial charge in [-0.25, -0.2) is 4.79 Å². The molecule has 21 heavy (non-hydrogen) atoms. The number of benzene rings is 1. The van der Waals surface area contributed by atoms with Crippen molar-refractivity contribution >= 4 is 33.2 Å². The second-order valence-electron chi connectivity index (χ2n) is 5.16. The quantitative estimate of drug-likeness (QED) is 0.828. The molecule has 0 spiro atoms. The van der Waals surface area contributed by atoms with Crippen LogP contribution in [0.15, 0.2) is 40.2 Å². The number of carboxylic acids is 1. The molecular weight excluding hydrogens is 350 g/mol. The third-order valence-electron chi connectivity index (χ3n) is 3.55. The summed E-state index contributed by atoms with van der Waals surface area (Å²) in [6.07, 6.45) is 1.03. The number of nitrogens with zero attached hydrogens (tertiary/aromatic N) is 1. The number of carbonyl (C=O) groups is 1. The molecule has 1 heterocycles. The summed E-state index contributed by atoms with van der Waals surface area (Å²) in [5, 5.41) is 11.1. The number of rotatable bonds is 6. The van der Waals surface area contributed by atoms with Crippen LogP contribution in [0, 0.1) is 0 Å². The van der Waals surface area contributed by atoms with Crippen molar-refractivity contribution < 1.29 is 9.90 Å². The van der Waals surface area contributed by atoms with Gasteiger partial charge in [0, 0.05) is 21.9 Å². The first-order chi connectivity index (χ1) is 9.97. The van der Waals surface area contributed by atoms with E-state index in [-0.39, 0.29) is 0 Å². The molecule has 1 unspecified atom stereocenters. The van der Waals surface area contributed by atoms with E-state index in [1.807, 2.05) is 6.07 Å². The van der Waals surface area contributed by atoms with Crippen molar-refractivity contribution in [2.24, 2.45) is 0 Å². The van der Waals surface area contributed by atoms with Gasteiger partial charge in [0.15, 0.2) is 0 Å². The minimum atomic E-state index is -0.901. The molecule has 2 rings (SSSR count). The molecule has 0 aliphatic carbocycles. The Bertz CT molecular complexity index is 613. The number of aromatic carboxylic acids is 1. The largest absolute Gasteiger partial charge is 0.478 e. The molecule has 0 amide bonds. The van der Waals surface area contributed by atoms with Gasteiger partial charge in [0.2, 0.25) is 0 Å². The lowest BCUT2D eigenvalue weighted by atomic mass is 10.1. The van der Waals surface area contributed by atoms with E-state index < -0.39 is 5.97 Å². The van der Waals surface area contributed by atoms with Gasteiger partial charge in [-0.15, -0.1) is 11.3 Å². The summed E-state index contributed by atoms with van der Waals surface area (Å²) in [5.41, 5.74) is 1.40. The average Bonchev–Trinajstić information content (AvgIpc) is 2.93. The Labute approximate surface area is 137 Å². The molecule has 3 nitrogen and oxygen atoms in total. The van der Waals surface area contributed by atoms with Crippen LogP contribution in [0.2, 0.25) is 0 Å². The van der Waals surface area contributed by atoms with Crippen LogP contribution in [-0.4, -0.2) is 29.1 Å². The zero-order valence-corrected chi connectivity index (χ0v) is 14.4. The highest BCUT2D eigenvalue weighted by atomic mass is 79.9. The minimum Gasteiger partial charge on any atom is -0.478 e. The fourth-order valence-corrected chi connectivity index (χ4v) is 3.44. The Balaban J connectivity index is 2.01. The number of likely N-dealkylation sites (N-methyl/N-ethyl adjacent to an activating group) is 1. The molecule has 0 aliphatic heterocycles. The Hall–Kier alpha value is -1.17. The second kappa shape index (κ2) is 7.20. The number of halogens is 1. The van der Waals surface area contributed by atoms with E-state index in [1.165, 1.54) is 4.88 Å². The molecule has 0 saturated carbocycles. The third kappa shape index (κ3) is 4.40. The highest BCUT2D eigenvalue weighted by Crippen LogP contribution is 2.22. The lowest BCUT2D eigenvalue weighted by Crippen LogP contribution is -2.30. The molecule has 112 valence electrons. The van der Waals surface area contributed by atoms with E-state index in [4.69, 9.17) is 5.11 Å². The van der Waals surface area contributed by atoms with E-state index in [9.17, 15) is 4.79 Å². The summed E-state index contributed by atoms with van der Waals surface area (Å²) in [6, 6.07) is 9.85. The summed E-state index contributed by atoms with van der Waals surface area (Å²) in [6.45, 7) is 2.99. The Kier molecular flexibility index (Phi) is 5.56. The van der Waals surface area contributed by atoms with Gasteiger partial charge < -0.3 is 5.11 Å². The third-order valence-corrected chi connectivity index (χ3v) is 5.19. The van der Waals surface area contributed by atoms with Gasteiger partial charge in [0.1, 0.15) is 0 Å². The number of thiophene rings is 1. The van der Waals surface area contributed by atoms with Crippen LogP contribution in [0.1, 0.15) is 27.7 Å². The molecule has 1 N–H and O–H groups in total. The molecule has 5 heteroatoms. The number of hydrogen-bond acceptors (Lipinski definition) is 3. The van der Waals surface area contributed by atoms with Gasteiger partial charge in [-0.05, 0) is 49.5 Å². The summed E-state index contributed by atoms with van der Waals surface area (Å²) in [4.78, 5) is 14.6. The monoisotopic (exact) mass is 367 g/mol. The van der Waals surface area contributed by atoms with Crippen LogP contribution in [0.4, 0.5) is 0 Å². The van der Waals surface area contributed by atoms with Crippen molar-refractivity contribution in [2.45, 2.75) is 25.9 Å². The van der Waals surface area contributed by atoms with E-state index in [0.29, 0.717) is 11.6 Å². The molecule has 1 aromatic heterocycles. The summed E-state index contributed by atoms with van der Waals surface area (Å²) in [5.74, 6) is -0.901. The Morgan fingerprint density at radius 3 is 2.76 bits per heavy atom. The van der Waals surface area contributed by atoms with Gasteiger partial charge in [-0.3, -0.25) is 4.90 Å². The first-order valence-electron chi connectivity index (χ1n) is 6.71. The highest BCUT2D eigenvalue weighted by molar-refractivity contribution is 9.10. The zero-order valence-electron chi connectivity index (χ0n) is 12.0. The van der Waals surface area contributed by atoms with E-state index >= 15 is 0 Å². The van der Waals surface area contributed by atoms with Crippen molar-refractivity contribution in [3.05, 3.63) is 56.2 Å². The van der Waals surface area contributed by atoms with Crippen LogP contribution < -0.4 is 0 Å². The maximum absolute atomic E-state index is 10.9. The normalized spacial score (nSPS) is 12.6. The highest BCUT2D eigenvalue weighted by Gasteiger charge is 2.13. The Morgan fingerprint density at radius 1 is 1.43 bits per heavy atom. The van der Waals surface area contributed by atoms with Crippen molar-refractivity contribution in [1.29, 1.82) is 0 Å². The second-order valence-corrected chi connectivity index (χ2v) is 7.05. The molecular formula is C16H18BrNO2S. The maximum atomic E-state index is 10.9. The van der Waals surface area contributed by atoms with Gasteiger partial charge >= 0.3 is 5.97 Å². The van der Waals surface area contributed by atoms with Crippen LogP contribution in [0.25, 0.3) is 0 Å². The van der Waals surface area contributed by atoms with Crippen LogP contribution in [0.3, 0.4) is 0 Å². The van der Waals surface area contributed by atoms with Crippen molar-refractivity contribution in [2.75, 3.05) is 7.05 Å². The smallest absolute Gasteiger partial charge is 0.335 e. The van der Waals surface area contributed by atoms with Gasteiger partial charge in [-0.2, -0.15) is 0 Å². The molecule has 1 atom stereocenters. The molecule has 2 aromatic rings. The average molecular weight is 368 g/mol. The molecule has 0 saturated heterocycles. The minimum absolute atomic E-state index is 0.305. The van der Waals surface area contributed by atoms with Gasteiger partial charge in [-0.1, -0.05) is 28.1 Å². The first kappa shape index (κ1) is 16.2. The lowest BCUT2D eigenvalue weighted by Gasteiger charge is -2.25. The molecule has 0 fully saturated rings. The molecule has 0 bridgehead atoms. The first-order valence-corrected chi connectivity index (χ1v) is 8.39. The molecule has 0 radical (unpaired) electrons. The SMILES string of the molecule is CC(Cc1cccs1)N(C)Cc1ccc(C(=O)O)cc1Br. The van der Waals surface area contributed by atoms with E-state index in [2.05, 4.69) is 52.3 Å². The summed E-state index contributed by atoms with van der Waals surface area (Å²) in [7, 11) is 2.09. The topological polar surface area (TPSA) is 40.5 Å². The molecule has 1 aromatic carbocycles. The summed E-state index contributed by atoms with van der Waals surface area (Å²) >= 11 is 5.25. The standard InChI is InChI=1S/C16H18BrNO2S/c1-11(8-14-4-3-7-21-14)18(2)10-13-6-5-12(16(19)20)9-15(13)17/h3-7,9,11H,8,10H2,1-2H3,(H,19,20). The lowest BCUT2D eigenvalue weighted by molar-refractivity contribution is 0.0697. The number of carboxylic acid groups (broad SMARTS) is 1. The van der Waals surface area contributed by atoms with Crippen LogP contribution in [0.5, 0.6) is 0 Å². The van der Waals surface area contributed by atoms with Crippen LogP contribution >= 0.6 is 27.3 Å². The van der Waals surface area contributed by atoms with E-state index in [0.717, 1.165) is 23.0 Å². The van der Waals surface area contributed by atoms with Crippen LogP contribution in [-0.2, 0) is 13.0 Å². The Morgan fingerprint density at radius 2 is 2.19 bits per heavy atom. The zero-order chi connectivity index (χ0) is 15.4. The fourth-order valence-electron chi connectivity index (χ4n) is 2.11. The predicted molar refractivity (Wildman–Crippen MR) is 90.1 cm³/mol. The maximum Gasteiger partial charge on any atom is 0.335 e. The van der Waals surface area contributed by atoms with Crippen molar-refractivity contribution in [3.63, 3.8) is 0 Å². The predicted octanol–water partition coefficient (Wildman–Crippen LogP) is 4.27. The van der Waals surface area contributed by atoms with Gasteiger partial charge in [0.25, 0.3) is 0 Å². The van der Waals surface area contributed by atoms with E-state index in [1.54, 1.807) is 23.5 Å².